The molecule has 0 radical (unpaired) electrons. The van der Waals surface area contributed by atoms with Crippen LogP contribution in [-0.2, 0) is 6.54 Å². The fourth-order valence-corrected chi connectivity index (χ4v) is 2.66. The Bertz CT molecular complexity index is 503. The van der Waals surface area contributed by atoms with Crippen LogP contribution in [0.3, 0.4) is 0 Å². The summed E-state index contributed by atoms with van der Waals surface area (Å²) in [4.78, 5) is 11.9. The molecule has 1 amide bonds. The van der Waals surface area contributed by atoms with Crippen LogP contribution in [0.4, 0.5) is 0 Å². The summed E-state index contributed by atoms with van der Waals surface area (Å²) in [6, 6.07) is 7.24. The Hall–Kier alpha value is -1.07. The first-order chi connectivity index (χ1) is 8.15. The Balaban J connectivity index is 2.04. The van der Waals surface area contributed by atoms with E-state index < -0.39 is 0 Å². The molecule has 2 aromatic rings. The van der Waals surface area contributed by atoms with E-state index in [9.17, 15) is 4.79 Å². The summed E-state index contributed by atoms with van der Waals surface area (Å²) >= 11 is 6.69. The first-order valence-electron chi connectivity index (χ1n) is 4.90. The van der Waals surface area contributed by atoms with Crippen LogP contribution >= 0.6 is 31.9 Å². The molecule has 2 rings (SSSR count). The van der Waals surface area contributed by atoms with Crippen molar-refractivity contribution in [2.45, 2.75) is 6.54 Å². The van der Waals surface area contributed by atoms with Crippen molar-refractivity contribution in [1.29, 1.82) is 0 Å². The average Bonchev–Trinajstić information content (AvgIpc) is 2.77. The number of halogens is 2. The molecule has 1 N–H and O–H groups in total. The molecule has 0 aliphatic carbocycles. The number of carbonyl (C=O) groups excluding carboxylic acids is 1. The van der Waals surface area contributed by atoms with Gasteiger partial charge in [-0.2, -0.15) is 0 Å². The lowest BCUT2D eigenvalue weighted by Gasteiger charge is -2.04. The maximum atomic E-state index is 11.9. The van der Waals surface area contributed by atoms with Crippen LogP contribution in [0.15, 0.2) is 50.2 Å². The maximum Gasteiger partial charge on any atom is 0.251 e. The largest absolute Gasteiger partial charge is 0.472 e. The number of carbonyl (C=O) groups is 1. The van der Waals surface area contributed by atoms with Gasteiger partial charge >= 0.3 is 0 Å². The van der Waals surface area contributed by atoms with Crippen molar-refractivity contribution < 1.29 is 9.21 Å². The zero-order valence-corrected chi connectivity index (χ0v) is 11.9. The fraction of sp³-hybridized carbons (Fsp3) is 0.0833. The Morgan fingerprint density at radius 2 is 1.94 bits per heavy atom. The lowest BCUT2D eigenvalue weighted by molar-refractivity contribution is 0.0950. The normalized spacial score (nSPS) is 10.2. The van der Waals surface area contributed by atoms with Gasteiger partial charge in [0.25, 0.3) is 5.91 Å². The topological polar surface area (TPSA) is 42.2 Å². The number of benzene rings is 1. The number of amides is 1. The molecule has 0 fully saturated rings. The van der Waals surface area contributed by atoms with Crippen LogP contribution in [0.2, 0.25) is 0 Å². The van der Waals surface area contributed by atoms with E-state index in [1.807, 2.05) is 12.1 Å². The molecule has 0 saturated carbocycles. The van der Waals surface area contributed by atoms with Gasteiger partial charge in [-0.3, -0.25) is 4.79 Å². The van der Waals surface area contributed by atoms with Crippen molar-refractivity contribution >= 4 is 37.8 Å². The summed E-state index contributed by atoms with van der Waals surface area (Å²) < 4.78 is 6.65. The van der Waals surface area contributed by atoms with Gasteiger partial charge in [-0.05, 0) is 24.3 Å². The highest BCUT2D eigenvalue weighted by Gasteiger charge is 2.07. The first kappa shape index (κ1) is 12.4. The summed E-state index contributed by atoms with van der Waals surface area (Å²) in [5.74, 6) is -0.117. The van der Waals surface area contributed by atoms with Crippen LogP contribution in [0, 0.1) is 0 Å². The minimum atomic E-state index is -0.117. The minimum Gasteiger partial charge on any atom is -0.472 e. The third-order valence-electron chi connectivity index (χ3n) is 2.16. The molecule has 0 unspecified atom stereocenters. The molecule has 0 atom stereocenters. The zero-order valence-electron chi connectivity index (χ0n) is 8.74. The van der Waals surface area contributed by atoms with Gasteiger partial charge in [0.05, 0.1) is 12.5 Å². The van der Waals surface area contributed by atoms with Crippen molar-refractivity contribution in [3.8, 4) is 0 Å². The highest BCUT2D eigenvalue weighted by molar-refractivity contribution is 9.11. The first-order valence-corrected chi connectivity index (χ1v) is 6.49. The molecule has 0 saturated heterocycles. The maximum absolute atomic E-state index is 11.9. The highest BCUT2D eigenvalue weighted by atomic mass is 79.9. The molecule has 1 aromatic heterocycles. The summed E-state index contributed by atoms with van der Waals surface area (Å²) in [5, 5.41) is 2.82. The van der Waals surface area contributed by atoms with Crippen LogP contribution in [-0.4, -0.2) is 5.91 Å². The quantitative estimate of drug-likeness (QED) is 0.908. The van der Waals surface area contributed by atoms with Crippen molar-refractivity contribution in [3.05, 3.63) is 56.9 Å². The number of hydrogen-bond acceptors (Lipinski definition) is 2. The SMILES string of the molecule is O=C(NCc1ccoc1)c1cc(Br)cc(Br)c1. The number of rotatable bonds is 3. The number of furan rings is 1. The molecule has 5 heteroatoms. The second-order valence-corrected chi connectivity index (χ2v) is 5.30. The van der Waals surface area contributed by atoms with Gasteiger partial charge in [0, 0.05) is 26.6 Å². The third-order valence-corrected chi connectivity index (χ3v) is 3.07. The van der Waals surface area contributed by atoms with E-state index in [1.165, 1.54) is 0 Å². The van der Waals surface area contributed by atoms with Gasteiger partial charge in [-0.1, -0.05) is 31.9 Å². The van der Waals surface area contributed by atoms with E-state index in [1.54, 1.807) is 24.7 Å². The molecule has 0 bridgehead atoms. The fourth-order valence-electron chi connectivity index (χ4n) is 1.36. The summed E-state index contributed by atoms with van der Waals surface area (Å²) in [5.41, 5.74) is 1.54. The second kappa shape index (κ2) is 5.51. The number of nitrogens with one attached hydrogen (secondary N) is 1. The molecule has 88 valence electrons. The van der Waals surface area contributed by atoms with Crippen molar-refractivity contribution in [3.63, 3.8) is 0 Å². The van der Waals surface area contributed by atoms with Gasteiger partial charge in [-0.15, -0.1) is 0 Å². The van der Waals surface area contributed by atoms with Gasteiger partial charge < -0.3 is 9.73 Å². The van der Waals surface area contributed by atoms with Gasteiger partial charge in [0.2, 0.25) is 0 Å². The van der Waals surface area contributed by atoms with E-state index >= 15 is 0 Å². The Labute approximate surface area is 115 Å². The van der Waals surface area contributed by atoms with Gasteiger partial charge in [-0.25, -0.2) is 0 Å². The Kier molecular flexibility index (Phi) is 4.02. The standard InChI is InChI=1S/C12H9Br2NO2/c13-10-3-9(4-11(14)5-10)12(16)15-6-8-1-2-17-7-8/h1-5,7H,6H2,(H,15,16). The van der Waals surface area contributed by atoms with Crippen molar-refractivity contribution in [2.75, 3.05) is 0 Å². The van der Waals surface area contributed by atoms with E-state index in [-0.39, 0.29) is 5.91 Å². The minimum absolute atomic E-state index is 0.117. The summed E-state index contributed by atoms with van der Waals surface area (Å²) in [6.45, 7) is 0.458. The van der Waals surface area contributed by atoms with E-state index in [2.05, 4.69) is 37.2 Å². The highest BCUT2D eigenvalue weighted by Crippen LogP contribution is 2.20. The monoisotopic (exact) mass is 357 g/mol. The predicted molar refractivity (Wildman–Crippen MR) is 71.7 cm³/mol. The molecule has 0 aliphatic rings. The van der Waals surface area contributed by atoms with E-state index in [0.717, 1.165) is 14.5 Å². The van der Waals surface area contributed by atoms with E-state index in [0.29, 0.717) is 12.1 Å². The molecule has 0 spiro atoms. The average molecular weight is 359 g/mol. The third kappa shape index (κ3) is 3.44. The molecule has 3 nitrogen and oxygen atoms in total. The second-order valence-electron chi connectivity index (χ2n) is 3.47. The lowest BCUT2D eigenvalue weighted by atomic mass is 10.2. The van der Waals surface area contributed by atoms with Crippen LogP contribution < -0.4 is 5.32 Å². The summed E-state index contributed by atoms with van der Waals surface area (Å²) in [7, 11) is 0. The number of hydrogen-bond donors (Lipinski definition) is 1. The molecule has 17 heavy (non-hydrogen) atoms. The molecule has 1 aromatic carbocycles. The van der Waals surface area contributed by atoms with E-state index in [4.69, 9.17) is 4.42 Å². The van der Waals surface area contributed by atoms with Crippen LogP contribution in [0.5, 0.6) is 0 Å². The molecular weight excluding hydrogens is 350 g/mol. The lowest BCUT2D eigenvalue weighted by Crippen LogP contribution is -2.22. The van der Waals surface area contributed by atoms with Crippen molar-refractivity contribution in [2.24, 2.45) is 0 Å². The Morgan fingerprint density at radius 3 is 2.53 bits per heavy atom. The zero-order chi connectivity index (χ0) is 12.3. The van der Waals surface area contributed by atoms with Crippen LogP contribution in [0.25, 0.3) is 0 Å². The smallest absolute Gasteiger partial charge is 0.251 e. The molecule has 0 aliphatic heterocycles. The van der Waals surface area contributed by atoms with Gasteiger partial charge in [0.1, 0.15) is 0 Å². The molecular formula is C12H9Br2NO2. The summed E-state index contributed by atoms with van der Waals surface area (Å²) in [6.07, 6.45) is 3.19. The predicted octanol–water partition coefficient (Wildman–Crippen LogP) is 3.73. The molecule has 1 heterocycles. The van der Waals surface area contributed by atoms with Crippen LogP contribution in [0.1, 0.15) is 15.9 Å². The Morgan fingerprint density at radius 1 is 1.24 bits per heavy atom. The van der Waals surface area contributed by atoms with Crippen molar-refractivity contribution in [1.82, 2.24) is 5.32 Å². The van der Waals surface area contributed by atoms with Gasteiger partial charge in [0.15, 0.2) is 0 Å².